The van der Waals surface area contributed by atoms with Crippen LogP contribution < -0.4 is 20.4 Å². The molecule has 0 unspecified atom stereocenters. The van der Waals surface area contributed by atoms with Gasteiger partial charge in [-0.15, -0.1) is 0 Å². The highest BCUT2D eigenvalue weighted by atomic mass is 79.9. The molecular weight excluding hydrogens is 488 g/mol. The number of para-hydroxylation sites is 1. The summed E-state index contributed by atoms with van der Waals surface area (Å²) < 4.78 is 0. The lowest BCUT2D eigenvalue weighted by molar-refractivity contribution is -0.132. The number of hydrogen-bond donors (Lipinski definition) is 2. The zero-order valence-corrected chi connectivity index (χ0v) is 19.8. The number of fused-ring (bicyclic) bond motifs is 4. The number of nitrogens with one attached hydrogen (secondary N) is 2. The lowest BCUT2D eigenvalue weighted by Gasteiger charge is -2.30. The molecule has 0 radical (unpaired) electrons. The number of carbonyl (C=O) groups is 4. The predicted molar refractivity (Wildman–Crippen MR) is 127 cm³/mol. The van der Waals surface area contributed by atoms with Crippen molar-refractivity contribution in [2.75, 3.05) is 27.0 Å². The van der Waals surface area contributed by atoms with Crippen LogP contribution in [0.25, 0.3) is 0 Å². The second kappa shape index (κ2) is 7.78. The van der Waals surface area contributed by atoms with E-state index in [4.69, 9.17) is 0 Å². The van der Waals surface area contributed by atoms with Crippen LogP contribution in [0, 0.1) is 11.8 Å². The minimum absolute atomic E-state index is 0.202. The van der Waals surface area contributed by atoms with E-state index in [2.05, 4.69) is 26.6 Å². The zero-order valence-electron chi connectivity index (χ0n) is 18.2. The minimum atomic E-state index is -1.28. The summed E-state index contributed by atoms with van der Waals surface area (Å²) in [5.74, 6) is -2.63. The molecule has 0 aliphatic carbocycles. The van der Waals surface area contributed by atoms with E-state index >= 15 is 0 Å². The molecule has 170 valence electrons. The molecule has 0 aromatic heterocycles. The predicted octanol–water partition coefficient (Wildman–Crippen LogP) is 2.38. The highest BCUT2D eigenvalue weighted by Crippen LogP contribution is 2.54. The third kappa shape index (κ3) is 2.99. The second-order valence-electron chi connectivity index (χ2n) is 8.65. The van der Waals surface area contributed by atoms with Gasteiger partial charge < -0.3 is 10.2 Å². The molecule has 2 fully saturated rings. The van der Waals surface area contributed by atoms with Crippen molar-refractivity contribution in [2.24, 2.45) is 11.8 Å². The van der Waals surface area contributed by atoms with Crippen LogP contribution in [0.2, 0.25) is 0 Å². The molecule has 8 nitrogen and oxygen atoms in total. The van der Waals surface area contributed by atoms with Gasteiger partial charge in [-0.25, -0.2) is 4.90 Å². The Hall–Kier alpha value is -3.04. The minimum Gasteiger partial charge on any atom is -0.326 e. The molecule has 2 saturated heterocycles. The first-order valence-corrected chi connectivity index (χ1v) is 11.9. The molecule has 1 spiro atoms. The van der Waals surface area contributed by atoms with Gasteiger partial charge in [-0.1, -0.05) is 34.1 Å². The number of halogens is 1. The first-order chi connectivity index (χ1) is 15.8. The topological polar surface area (TPSA) is 98.8 Å². The number of alkyl halides is 1. The molecule has 0 saturated carbocycles. The standard InChI is InChI=1S/C24H23BrN4O4/c1-13-19-20(22(32)29(21(19)31)16-9-7-15(8-10-16)26-14(2)30)24(27-13)17-5-3-4-6-18(17)28(12-11-25)23(24)33/h3-10,13,19-20,27H,11-12H2,1-2H3,(H,26,30)/t13-,19+,20+,24-/m0/s1. The van der Waals surface area contributed by atoms with E-state index in [1.807, 2.05) is 31.2 Å². The SMILES string of the molecule is CC(=O)Nc1ccc(N2C(=O)[C@@H]3[C@H](C)N[C@]4(C(=O)N(CCBr)c5ccccc54)[C@H]3C2=O)cc1. The Morgan fingerprint density at radius 2 is 1.79 bits per heavy atom. The van der Waals surface area contributed by atoms with E-state index in [0.717, 1.165) is 11.3 Å². The molecule has 5 rings (SSSR count). The molecule has 2 N–H and O–H groups in total. The number of anilines is 3. The Morgan fingerprint density at radius 1 is 1.09 bits per heavy atom. The monoisotopic (exact) mass is 510 g/mol. The average molecular weight is 511 g/mol. The Bertz CT molecular complexity index is 1180. The van der Waals surface area contributed by atoms with Crippen molar-refractivity contribution in [1.29, 1.82) is 0 Å². The van der Waals surface area contributed by atoms with Gasteiger partial charge in [-0.2, -0.15) is 0 Å². The van der Waals surface area contributed by atoms with E-state index in [1.54, 1.807) is 29.2 Å². The number of nitrogens with zero attached hydrogens (tertiary/aromatic N) is 2. The van der Waals surface area contributed by atoms with Crippen LogP contribution in [0.15, 0.2) is 48.5 Å². The highest BCUT2D eigenvalue weighted by Gasteiger charge is 2.70. The third-order valence-electron chi connectivity index (χ3n) is 6.77. The first kappa shape index (κ1) is 21.8. The normalized spacial score (nSPS) is 28.0. The smallest absolute Gasteiger partial charge is 0.252 e. The van der Waals surface area contributed by atoms with Crippen LogP contribution >= 0.6 is 15.9 Å². The molecule has 2 aromatic rings. The summed E-state index contributed by atoms with van der Waals surface area (Å²) in [6.07, 6.45) is 0. The van der Waals surface area contributed by atoms with E-state index in [9.17, 15) is 19.2 Å². The van der Waals surface area contributed by atoms with Crippen LogP contribution in [-0.2, 0) is 24.7 Å². The van der Waals surface area contributed by atoms with Gasteiger partial charge in [0.15, 0.2) is 0 Å². The van der Waals surface area contributed by atoms with E-state index < -0.39 is 23.3 Å². The number of rotatable bonds is 4. The molecule has 3 heterocycles. The summed E-state index contributed by atoms with van der Waals surface area (Å²) in [5, 5.41) is 6.63. The maximum atomic E-state index is 13.8. The molecule has 4 amide bonds. The fourth-order valence-corrected chi connectivity index (χ4v) is 5.92. The van der Waals surface area contributed by atoms with Gasteiger partial charge in [-0.05, 0) is 37.3 Å². The third-order valence-corrected chi connectivity index (χ3v) is 7.12. The van der Waals surface area contributed by atoms with E-state index in [1.165, 1.54) is 11.8 Å². The lowest BCUT2D eigenvalue weighted by Crippen LogP contribution is -2.55. The van der Waals surface area contributed by atoms with Gasteiger partial charge in [-0.3, -0.25) is 24.5 Å². The Morgan fingerprint density at radius 3 is 2.45 bits per heavy atom. The van der Waals surface area contributed by atoms with Crippen LogP contribution in [-0.4, -0.2) is 41.5 Å². The average Bonchev–Trinajstić information content (AvgIpc) is 3.33. The fourth-order valence-electron chi connectivity index (χ4n) is 5.57. The quantitative estimate of drug-likeness (QED) is 0.486. The molecule has 0 bridgehead atoms. The molecule has 9 heteroatoms. The van der Waals surface area contributed by atoms with Crippen molar-refractivity contribution in [2.45, 2.75) is 25.4 Å². The largest absolute Gasteiger partial charge is 0.326 e. The molecule has 3 aliphatic heterocycles. The fraction of sp³-hybridized carbons (Fsp3) is 0.333. The Kier molecular flexibility index (Phi) is 5.13. The van der Waals surface area contributed by atoms with Crippen molar-refractivity contribution in [3.8, 4) is 0 Å². The molecule has 3 aliphatic rings. The van der Waals surface area contributed by atoms with Crippen LogP contribution in [0.3, 0.4) is 0 Å². The molecule has 4 atom stereocenters. The molecule has 2 aromatic carbocycles. The maximum Gasteiger partial charge on any atom is 0.252 e. The lowest BCUT2D eigenvalue weighted by atomic mass is 9.76. The number of hydrogen-bond acceptors (Lipinski definition) is 5. The van der Waals surface area contributed by atoms with Crippen LogP contribution in [0.4, 0.5) is 17.1 Å². The van der Waals surface area contributed by atoms with Crippen molar-refractivity contribution >= 4 is 56.6 Å². The van der Waals surface area contributed by atoms with Gasteiger partial charge in [0.1, 0.15) is 5.54 Å². The van der Waals surface area contributed by atoms with Crippen molar-refractivity contribution < 1.29 is 19.2 Å². The second-order valence-corrected chi connectivity index (χ2v) is 9.44. The van der Waals surface area contributed by atoms with Crippen molar-refractivity contribution in [3.63, 3.8) is 0 Å². The maximum absolute atomic E-state index is 13.8. The molecule has 33 heavy (non-hydrogen) atoms. The Labute approximate surface area is 199 Å². The van der Waals surface area contributed by atoms with Gasteiger partial charge in [0.2, 0.25) is 17.7 Å². The zero-order chi connectivity index (χ0) is 23.5. The number of benzene rings is 2. The van der Waals surface area contributed by atoms with Crippen LogP contribution in [0.5, 0.6) is 0 Å². The van der Waals surface area contributed by atoms with Gasteiger partial charge in [0, 0.05) is 41.8 Å². The van der Waals surface area contributed by atoms with Gasteiger partial charge >= 0.3 is 0 Å². The number of amides is 4. The first-order valence-electron chi connectivity index (χ1n) is 10.8. The van der Waals surface area contributed by atoms with Gasteiger partial charge in [0.05, 0.1) is 17.5 Å². The van der Waals surface area contributed by atoms with Crippen LogP contribution in [0.1, 0.15) is 19.4 Å². The Balaban J connectivity index is 1.58. The summed E-state index contributed by atoms with van der Waals surface area (Å²) in [6.45, 7) is 3.72. The van der Waals surface area contributed by atoms with Crippen molar-refractivity contribution in [1.82, 2.24) is 5.32 Å². The summed E-state index contributed by atoms with van der Waals surface area (Å²) in [5.41, 5.74) is 1.22. The number of carbonyl (C=O) groups excluding carboxylic acids is 4. The van der Waals surface area contributed by atoms with Crippen molar-refractivity contribution in [3.05, 3.63) is 54.1 Å². The van der Waals surface area contributed by atoms with E-state index in [-0.39, 0.29) is 23.8 Å². The molecular formula is C24H23BrN4O4. The highest BCUT2D eigenvalue weighted by molar-refractivity contribution is 9.09. The number of imide groups is 1. The van der Waals surface area contributed by atoms with Gasteiger partial charge in [0.25, 0.3) is 5.91 Å². The summed E-state index contributed by atoms with van der Waals surface area (Å²) in [4.78, 5) is 55.3. The summed E-state index contributed by atoms with van der Waals surface area (Å²) >= 11 is 3.42. The summed E-state index contributed by atoms with van der Waals surface area (Å²) in [6, 6.07) is 13.7. The van der Waals surface area contributed by atoms with E-state index in [0.29, 0.717) is 23.2 Å². The summed E-state index contributed by atoms with van der Waals surface area (Å²) in [7, 11) is 0.